The first-order valence-corrected chi connectivity index (χ1v) is 17.0. The van der Waals surface area contributed by atoms with E-state index >= 15 is 0 Å². The Morgan fingerprint density at radius 1 is 1.00 bits per heavy atom. The van der Waals surface area contributed by atoms with Gasteiger partial charge in [0.25, 0.3) is 5.91 Å². The van der Waals surface area contributed by atoms with Crippen LogP contribution in [0, 0.1) is 0 Å². The smallest absolute Gasteiger partial charge is 0.272 e. The number of nitrogens with two attached hydrogens (primary N) is 1. The lowest BCUT2D eigenvalue weighted by molar-refractivity contribution is 0.101. The summed E-state index contributed by atoms with van der Waals surface area (Å²) in [6.07, 6.45) is 5.59. The monoisotopic (exact) mass is 659 g/mol. The maximum atomic E-state index is 13.4. The Morgan fingerprint density at radius 2 is 1.80 bits per heavy atom. The van der Waals surface area contributed by atoms with Gasteiger partial charge in [0, 0.05) is 48.6 Å². The number of carbonyl (C=O) groups excluding carboxylic acids is 1. The predicted octanol–water partition coefficient (Wildman–Crippen LogP) is 5.54. The summed E-state index contributed by atoms with van der Waals surface area (Å²) >= 11 is 0. The molecule has 8 rings (SSSR count). The van der Waals surface area contributed by atoms with Gasteiger partial charge in [-0.3, -0.25) is 9.69 Å². The molecule has 4 aromatic heterocycles. The molecule has 2 aromatic carbocycles. The minimum Gasteiger partial charge on any atom is -0.495 e. The summed E-state index contributed by atoms with van der Waals surface area (Å²) < 4.78 is 12.0. The topological polar surface area (TPSA) is 147 Å². The van der Waals surface area contributed by atoms with Crippen molar-refractivity contribution in [2.75, 3.05) is 24.7 Å². The summed E-state index contributed by atoms with van der Waals surface area (Å²) in [5, 5.41) is 18.9. The van der Waals surface area contributed by atoms with E-state index < -0.39 is 0 Å². The van der Waals surface area contributed by atoms with Crippen molar-refractivity contribution in [2.45, 2.75) is 70.6 Å². The number of rotatable bonds is 7. The van der Waals surface area contributed by atoms with Crippen LogP contribution >= 0.6 is 0 Å². The molecule has 1 fully saturated rings. The zero-order valence-corrected chi connectivity index (χ0v) is 28.3. The van der Waals surface area contributed by atoms with E-state index in [-0.39, 0.29) is 11.9 Å². The van der Waals surface area contributed by atoms with Crippen molar-refractivity contribution in [3.05, 3.63) is 72.2 Å². The Labute approximate surface area is 284 Å². The number of nitrogens with zero attached hydrogens (tertiary/aromatic N) is 9. The minimum atomic E-state index is -0.223. The number of anilines is 2. The highest BCUT2D eigenvalue weighted by Gasteiger charge is 2.32. The lowest BCUT2D eigenvalue weighted by Crippen LogP contribution is -2.43. The van der Waals surface area contributed by atoms with Crippen LogP contribution in [0.3, 0.4) is 0 Å². The van der Waals surface area contributed by atoms with Gasteiger partial charge in [-0.1, -0.05) is 38.1 Å². The highest BCUT2D eigenvalue weighted by molar-refractivity contribution is 6.07. The summed E-state index contributed by atoms with van der Waals surface area (Å²) in [5.41, 5.74) is 10.8. The summed E-state index contributed by atoms with van der Waals surface area (Å²) in [6.45, 7) is 7.14. The molecule has 13 heteroatoms. The molecule has 0 unspecified atom stereocenters. The van der Waals surface area contributed by atoms with E-state index in [0.717, 1.165) is 84.5 Å². The molecular weight excluding hydrogens is 618 g/mol. The van der Waals surface area contributed by atoms with Crippen LogP contribution in [-0.4, -0.2) is 69.6 Å². The van der Waals surface area contributed by atoms with E-state index in [0.29, 0.717) is 40.6 Å². The van der Waals surface area contributed by atoms with Crippen molar-refractivity contribution < 1.29 is 9.53 Å². The van der Waals surface area contributed by atoms with Gasteiger partial charge in [-0.15, -0.1) is 10.2 Å². The van der Waals surface area contributed by atoms with Crippen LogP contribution in [0.5, 0.6) is 5.75 Å². The maximum absolute atomic E-state index is 13.4. The van der Waals surface area contributed by atoms with Crippen LogP contribution in [0.2, 0.25) is 0 Å². The number of aromatic nitrogens is 8. The zero-order chi connectivity index (χ0) is 33.8. The number of ether oxygens (including phenoxy) is 1. The molecule has 0 radical (unpaired) electrons. The molecule has 1 aliphatic carbocycles. The van der Waals surface area contributed by atoms with Crippen LogP contribution in [0.4, 0.5) is 11.5 Å². The third kappa shape index (κ3) is 5.38. The van der Waals surface area contributed by atoms with Gasteiger partial charge in [0.05, 0.1) is 30.8 Å². The summed E-state index contributed by atoms with van der Waals surface area (Å²) in [4.78, 5) is 24.9. The molecule has 2 aliphatic rings. The van der Waals surface area contributed by atoms with Crippen molar-refractivity contribution in [2.24, 2.45) is 7.05 Å². The number of nitrogens with one attached hydrogen (secondary N) is 1. The number of hydrogen-bond acceptors (Lipinski definition) is 9. The van der Waals surface area contributed by atoms with Gasteiger partial charge in [-0.25, -0.2) is 14.6 Å². The molecule has 1 saturated carbocycles. The molecule has 0 spiro atoms. The Balaban J connectivity index is 1.03. The van der Waals surface area contributed by atoms with Crippen LogP contribution in [-0.2, 0) is 20.1 Å². The second-order valence-corrected chi connectivity index (χ2v) is 13.5. The van der Waals surface area contributed by atoms with E-state index in [9.17, 15) is 4.79 Å². The van der Waals surface area contributed by atoms with Gasteiger partial charge in [0.1, 0.15) is 40.9 Å². The second kappa shape index (κ2) is 12.3. The molecule has 6 aromatic rings. The largest absolute Gasteiger partial charge is 0.495 e. The summed E-state index contributed by atoms with van der Waals surface area (Å²) in [7, 11) is 3.48. The van der Waals surface area contributed by atoms with Crippen LogP contribution in [0.1, 0.15) is 73.6 Å². The number of benzene rings is 2. The Morgan fingerprint density at radius 3 is 2.57 bits per heavy atom. The van der Waals surface area contributed by atoms with Crippen LogP contribution in [0.15, 0.2) is 54.9 Å². The van der Waals surface area contributed by atoms with E-state index in [2.05, 4.69) is 48.8 Å². The second-order valence-electron chi connectivity index (χ2n) is 13.5. The Hall–Kier alpha value is -5.30. The van der Waals surface area contributed by atoms with Crippen LogP contribution < -0.4 is 15.8 Å². The van der Waals surface area contributed by atoms with Gasteiger partial charge in [-0.2, -0.15) is 5.10 Å². The highest BCUT2D eigenvalue weighted by Crippen LogP contribution is 2.39. The lowest BCUT2D eigenvalue weighted by Gasteiger charge is -2.39. The van der Waals surface area contributed by atoms with E-state index in [1.165, 1.54) is 6.33 Å². The fraction of sp³-hybridized carbons (Fsp3) is 0.389. The molecule has 49 heavy (non-hydrogen) atoms. The first kappa shape index (κ1) is 31.0. The number of methoxy groups -OCH3 is 1. The van der Waals surface area contributed by atoms with Crippen molar-refractivity contribution in [1.29, 1.82) is 0 Å². The van der Waals surface area contributed by atoms with E-state index in [1.54, 1.807) is 7.11 Å². The number of amides is 1. The average Bonchev–Trinajstić information content (AvgIpc) is 3.83. The first-order valence-electron chi connectivity index (χ1n) is 17.0. The molecule has 1 amide bonds. The fourth-order valence-corrected chi connectivity index (χ4v) is 7.69. The minimum absolute atomic E-state index is 0.184. The normalized spacial score (nSPS) is 18.3. The number of hydrogen-bond donors (Lipinski definition) is 2. The van der Waals surface area contributed by atoms with Gasteiger partial charge in [-0.05, 0) is 49.9 Å². The maximum Gasteiger partial charge on any atom is 0.272 e. The van der Waals surface area contributed by atoms with E-state index in [4.69, 9.17) is 15.6 Å². The van der Waals surface area contributed by atoms with Crippen molar-refractivity contribution >= 4 is 39.3 Å². The van der Waals surface area contributed by atoms with Crippen molar-refractivity contribution in [1.82, 2.24) is 44.0 Å². The number of fused-ring (bicyclic) bond motifs is 3. The lowest BCUT2D eigenvalue weighted by atomic mass is 9.90. The van der Waals surface area contributed by atoms with E-state index in [1.807, 2.05) is 64.8 Å². The molecule has 0 atom stereocenters. The van der Waals surface area contributed by atoms with Crippen molar-refractivity contribution in [3.63, 3.8) is 0 Å². The number of aryl methyl sites for hydroxylation is 1. The highest BCUT2D eigenvalue weighted by atomic mass is 16.5. The van der Waals surface area contributed by atoms with Gasteiger partial charge in [0.2, 0.25) is 0 Å². The molecule has 3 N–H and O–H groups in total. The molecule has 0 bridgehead atoms. The van der Waals surface area contributed by atoms with Gasteiger partial charge >= 0.3 is 0 Å². The molecule has 5 heterocycles. The number of para-hydroxylation sites is 1. The first-order chi connectivity index (χ1) is 23.8. The average molecular weight is 660 g/mol. The predicted molar refractivity (Wildman–Crippen MR) is 188 cm³/mol. The van der Waals surface area contributed by atoms with Gasteiger partial charge < -0.3 is 24.9 Å². The zero-order valence-electron chi connectivity index (χ0n) is 28.3. The summed E-state index contributed by atoms with van der Waals surface area (Å²) in [6, 6.07) is 16.1. The molecule has 13 nitrogen and oxygen atoms in total. The Kier molecular flexibility index (Phi) is 7.78. The van der Waals surface area contributed by atoms with Gasteiger partial charge in [0.15, 0.2) is 5.65 Å². The van der Waals surface area contributed by atoms with Crippen LogP contribution in [0.25, 0.3) is 33.2 Å². The quantitative estimate of drug-likeness (QED) is 0.225. The summed E-state index contributed by atoms with van der Waals surface area (Å²) in [5.74, 6) is 3.20. The SMILES string of the molecule is COc1cc(-c2nn(C3CCC(N4CCn5c(nnc5C(C)C)C4)CC3)c3ncnc(N)c23)ccc1NC(=O)c1cc2ccccc2n1C. The molecular formula is C36H41N11O2. The van der Waals surface area contributed by atoms with Crippen molar-refractivity contribution in [3.8, 4) is 17.0 Å². The molecule has 0 saturated heterocycles. The number of nitrogen functional groups attached to an aromatic ring is 1. The third-order valence-electron chi connectivity index (χ3n) is 10.3. The molecule has 252 valence electrons. The number of carbonyl (C=O) groups is 1. The Bertz CT molecular complexity index is 2190. The standard InChI is InChI=1S/C36H41N11O2/c1-21(2)34-42-41-30-19-45(15-16-46(30)34)24-10-12-25(13-11-24)47-35-31(33(37)38-20-39-35)32(43-47)23-9-14-26(29(18-23)49-4)40-36(48)28-17-22-7-5-6-8-27(22)44(28)3/h5-9,14,17-18,20-21,24-25H,10-13,15-16,19H2,1-4H3,(H,40,48)(H2,37,38,39). The fourth-order valence-electron chi connectivity index (χ4n) is 7.69. The molecule has 1 aliphatic heterocycles. The third-order valence-corrected chi connectivity index (χ3v) is 10.3.